The minimum Gasteiger partial charge on any atom is -0.370 e. The summed E-state index contributed by atoms with van der Waals surface area (Å²) >= 11 is 17.7. The maximum Gasteiger partial charge on any atom is 0.179 e. The monoisotopic (exact) mass is 661 g/mol. The number of nitriles is 2. The van der Waals surface area contributed by atoms with Gasteiger partial charge in [0.25, 0.3) is 0 Å². The molecule has 4 fully saturated rings. The second kappa shape index (κ2) is 12.9. The maximum absolute atomic E-state index is 12.3. The van der Waals surface area contributed by atoms with Crippen LogP contribution in [0, 0.1) is 33.5 Å². The lowest BCUT2D eigenvalue weighted by atomic mass is 9.87. The second-order valence-electron chi connectivity index (χ2n) is 13.2. The van der Waals surface area contributed by atoms with Gasteiger partial charge in [-0.1, -0.05) is 54.1 Å². The minimum absolute atomic E-state index is 0.00793. The molecule has 0 aromatic carbocycles. The van der Waals surface area contributed by atoms with Crippen molar-refractivity contribution in [2.24, 2.45) is 10.8 Å². The third kappa shape index (κ3) is 6.82. The van der Waals surface area contributed by atoms with Crippen LogP contribution in [0.2, 0.25) is 10.3 Å². The Bertz CT molecular complexity index is 1690. The van der Waals surface area contributed by atoms with Crippen LogP contribution in [-0.4, -0.2) is 39.5 Å². The van der Waals surface area contributed by atoms with E-state index in [4.69, 9.17) is 40.1 Å². The van der Waals surface area contributed by atoms with Crippen molar-refractivity contribution < 1.29 is 9.59 Å². The number of carbonyl (C=O) groups excluding carboxylic acids is 2. The van der Waals surface area contributed by atoms with Gasteiger partial charge in [0.15, 0.2) is 11.6 Å². The van der Waals surface area contributed by atoms with Gasteiger partial charge in [0.1, 0.15) is 33.6 Å². The van der Waals surface area contributed by atoms with Crippen LogP contribution in [0.15, 0.2) is 35.7 Å². The van der Waals surface area contributed by atoms with Gasteiger partial charge in [-0.05, 0) is 85.5 Å². The third-order valence-corrected chi connectivity index (χ3v) is 11.1. The second-order valence-corrected chi connectivity index (χ2v) is 14.4. The Labute approximate surface area is 278 Å². The Kier molecular flexibility index (Phi) is 9.08. The van der Waals surface area contributed by atoms with Gasteiger partial charge in [0.05, 0.1) is 10.7 Å². The highest BCUT2D eigenvalue weighted by molar-refractivity contribution is 6.52. The number of aromatic nitrogens is 2. The van der Waals surface area contributed by atoms with E-state index in [0.29, 0.717) is 26.8 Å². The molecule has 0 unspecified atom stereocenters. The number of hydrogen-bond acceptors (Lipinski definition) is 7. The first-order valence-electron chi connectivity index (χ1n) is 15.7. The number of likely N-dealkylation sites (tertiary alicyclic amines) is 1. The molecule has 1 saturated heterocycles. The Morgan fingerprint density at radius 3 is 1.67 bits per heavy atom. The zero-order chi connectivity index (χ0) is 31.8. The lowest BCUT2D eigenvalue weighted by Gasteiger charge is -2.37. The molecule has 232 valence electrons. The molecule has 3 saturated carbocycles. The highest BCUT2D eigenvalue weighted by atomic mass is 35.5. The summed E-state index contributed by atoms with van der Waals surface area (Å²) in [5, 5.41) is 19.1. The Morgan fingerprint density at radius 1 is 0.667 bits per heavy atom. The molecule has 3 heterocycles. The zero-order valence-electron chi connectivity index (χ0n) is 25.1. The van der Waals surface area contributed by atoms with E-state index in [-0.39, 0.29) is 40.6 Å². The lowest BCUT2D eigenvalue weighted by molar-refractivity contribution is -0.115. The summed E-state index contributed by atoms with van der Waals surface area (Å²) in [6.07, 6.45) is 19.3. The van der Waals surface area contributed by atoms with Crippen molar-refractivity contribution in [3.8, 4) is 12.1 Å². The molecule has 2 spiro atoms. The number of Topliss-reactive ketones (excluding diaryl/α,β-unsaturated/α-hetero) is 2. The zero-order valence-corrected chi connectivity index (χ0v) is 27.4. The van der Waals surface area contributed by atoms with E-state index in [0.717, 1.165) is 48.2 Å². The number of nitrogens with zero attached hydrogens (tertiary/aromatic N) is 5. The van der Waals surface area contributed by atoms with Crippen LogP contribution in [0.3, 0.4) is 0 Å². The highest BCUT2D eigenvalue weighted by Crippen LogP contribution is 2.56. The minimum atomic E-state index is -0.279. The topological polar surface area (TPSA) is 111 Å². The number of allylic oxidation sites excluding steroid dienone is 2. The van der Waals surface area contributed by atoms with Crippen LogP contribution in [0.4, 0.5) is 0 Å². The molecule has 0 radical (unpaired) electrons. The van der Waals surface area contributed by atoms with Crippen LogP contribution in [-0.2, 0) is 22.4 Å². The van der Waals surface area contributed by atoms with Gasteiger partial charge < -0.3 is 4.90 Å². The first kappa shape index (κ1) is 31.7. The van der Waals surface area contributed by atoms with E-state index in [2.05, 4.69) is 20.9 Å². The molecule has 0 N–H and O–H groups in total. The van der Waals surface area contributed by atoms with Crippen molar-refractivity contribution in [1.82, 2.24) is 14.9 Å². The molecule has 10 heteroatoms. The molecule has 0 amide bonds. The summed E-state index contributed by atoms with van der Waals surface area (Å²) in [7, 11) is 0. The standard InChI is InChI=1S/C17H16ClN3O.C10H4Cl2N2O.C8H14/c18-15-8-12-11(10-20-15)7-14(22)13(9-19)16(12)21-5-3-17(1-2-17)4-6-21;11-9-2-6-5(4-14-9)1-8(15)7(3-13)10(6)12;1-2-4-8(5-3-1)6-7-8/h8,10H,1-7H2;2,4H,1H2;1-7H2. The van der Waals surface area contributed by atoms with Crippen molar-refractivity contribution in [2.75, 3.05) is 13.1 Å². The molecule has 2 aromatic heterocycles. The number of ketones is 2. The molecule has 1 aliphatic heterocycles. The van der Waals surface area contributed by atoms with Crippen LogP contribution < -0.4 is 0 Å². The Balaban J connectivity index is 0.000000133. The first-order chi connectivity index (χ1) is 21.7. The first-order valence-corrected chi connectivity index (χ1v) is 16.9. The lowest BCUT2D eigenvalue weighted by Crippen LogP contribution is -2.36. The fourth-order valence-corrected chi connectivity index (χ4v) is 7.72. The summed E-state index contributed by atoms with van der Waals surface area (Å²) in [6.45, 7) is 1.82. The number of rotatable bonds is 1. The molecule has 7 nitrogen and oxygen atoms in total. The summed E-state index contributed by atoms with van der Waals surface area (Å²) in [6, 6.07) is 7.27. The van der Waals surface area contributed by atoms with E-state index in [1.54, 1.807) is 50.1 Å². The van der Waals surface area contributed by atoms with Crippen LogP contribution in [0.1, 0.15) is 92.9 Å². The average Bonchev–Trinajstić information content (AvgIpc) is 3.98. The fourth-order valence-electron chi connectivity index (χ4n) is 7.08. The fraction of sp³-hybridized carbons (Fsp3) is 0.486. The average molecular weight is 663 g/mol. The summed E-state index contributed by atoms with van der Waals surface area (Å²) in [5.41, 5.74) is 5.63. The molecule has 0 bridgehead atoms. The molecule has 8 rings (SSSR count). The largest absolute Gasteiger partial charge is 0.370 e. The normalized spacial score (nSPS) is 21.8. The van der Waals surface area contributed by atoms with Crippen LogP contribution in [0.25, 0.3) is 10.7 Å². The number of halogens is 3. The molecule has 6 aliphatic rings. The summed E-state index contributed by atoms with van der Waals surface area (Å²) in [5.74, 6) is -0.389. The molecular formula is C35H34Cl3N5O2. The Hall–Kier alpha value is -3.23. The van der Waals surface area contributed by atoms with E-state index in [9.17, 15) is 14.9 Å². The number of piperidine rings is 1. The third-order valence-electron chi connectivity index (χ3n) is 10.3. The number of carbonyl (C=O) groups is 2. The van der Waals surface area contributed by atoms with Gasteiger partial charge in [0, 0.05) is 49.5 Å². The van der Waals surface area contributed by atoms with E-state index in [1.807, 2.05) is 0 Å². The predicted octanol–water partition coefficient (Wildman–Crippen LogP) is 8.04. The van der Waals surface area contributed by atoms with Gasteiger partial charge in [-0.2, -0.15) is 10.5 Å². The smallest absolute Gasteiger partial charge is 0.179 e. The SMILES string of the molecule is C1CCC2(CC1)CC2.N#CC1=C(Cl)c2cc(Cl)ncc2CC1=O.N#CC1=C(N2CCC3(CC2)CC3)c2cc(Cl)ncc2CC1=O. The summed E-state index contributed by atoms with van der Waals surface area (Å²) in [4.78, 5) is 33.9. The van der Waals surface area contributed by atoms with Gasteiger partial charge in [-0.3, -0.25) is 9.59 Å². The van der Waals surface area contributed by atoms with Gasteiger partial charge in [-0.25, -0.2) is 9.97 Å². The van der Waals surface area contributed by atoms with E-state index < -0.39 is 0 Å². The van der Waals surface area contributed by atoms with Crippen molar-refractivity contribution >= 4 is 57.1 Å². The van der Waals surface area contributed by atoms with Crippen molar-refractivity contribution in [3.05, 3.63) is 68.2 Å². The molecular weight excluding hydrogens is 629 g/mol. The number of pyridine rings is 2. The van der Waals surface area contributed by atoms with Gasteiger partial charge >= 0.3 is 0 Å². The van der Waals surface area contributed by atoms with Crippen LogP contribution >= 0.6 is 34.8 Å². The van der Waals surface area contributed by atoms with Gasteiger partial charge in [-0.15, -0.1) is 0 Å². The van der Waals surface area contributed by atoms with Crippen molar-refractivity contribution in [3.63, 3.8) is 0 Å². The Morgan fingerprint density at radius 2 is 1.16 bits per heavy atom. The molecule has 2 aromatic rings. The maximum atomic E-state index is 12.3. The molecule has 5 aliphatic carbocycles. The van der Waals surface area contributed by atoms with Crippen molar-refractivity contribution in [1.29, 1.82) is 10.5 Å². The summed E-state index contributed by atoms with van der Waals surface area (Å²) < 4.78 is 0. The van der Waals surface area contributed by atoms with Crippen LogP contribution in [0.5, 0.6) is 0 Å². The number of fused-ring (bicyclic) bond motifs is 2. The highest BCUT2D eigenvalue weighted by Gasteiger charge is 2.45. The van der Waals surface area contributed by atoms with E-state index in [1.165, 1.54) is 38.3 Å². The number of hydrogen-bond donors (Lipinski definition) is 0. The quantitative estimate of drug-likeness (QED) is 0.284. The van der Waals surface area contributed by atoms with Gasteiger partial charge in [0.2, 0.25) is 0 Å². The predicted molar refractivity (Wildman–Crippen MR) is 174 cm³/mol. The van der Waals surface area contributed by atoms with Crippen molar-refractivity contribution in [2.45, 2.75) is 83.5 Å². The van der Waals surface area contributed by atoms with E-state index >= 15 is 0 Å². The molecule has 0 atom stereocenters. The molecule has 45 heavy (non-hydrogen) atoms.